The van der Waals surface area contributed by atoms with Crippen LogP contribution in [-0.2, 0) is 10.0 Å². The molecule has 0 saturated heterocycles. The third-order valence-electron chi connectivity index (χ3n) is 3.21. The van der Waals surface area contributed by atoms with Gasteiger partial charge in [-0.05, 0) is 37.6 Å². The largest absolute Gasteiger partial charge is 0.492 e. The molecule has 0 aliphatic rings. The van der Waals surface area contributed by atoms with Crippen molar-refractivity contribution >= 4 is 10.0 Å². The second-order valence-electron chi connectivity index (χ2n) is 5.02. The monoisotopic (exact) mass is 330 g/mol. The predicted molar refractivity (Wildman–Crippen MR) is 87.6 cm³/mol. The zero-order chi connectivity index (χ0) is 16.7. The Bertz CT molecular complexity index is 793. The van der Waals surface area contributed by atoms with Gasteiger partial charge < -0.3 is 4.74 Å². The average Bonchev–Trinajstić information content (AvgIpc) is 2.55. The zero-order valence-corrected chi connectivity index (χ0v) is 13.6. The summed E-state index contributed by atoms with van der Waals surface area (Å²) in [5, 5.41) is 8.95. The SMILES string of the molecule is Cc1ccc(S(=O)(=O)NCCCOc2ccccc2C#N)cc1. The highest BCUT2D eigenvalue weighted by Gasteiger charge is 2.12. The third kappa shape index (κ3) is 4.81. The van der Waals surface area contributed by atoms with Gasteiger partial charge in [0.1, 0.15) is 11.8 Å². The summed E-state index contributed by atoms with van der Waals surface area (Å²) in [6.07, 6.45) is 0.505. The lowest BCUT2D eigenvalue weighted by atomic mass is 10.2. The van der Waals surface area contributed by atoms with Crippen molar-refractivity contribution in [3.8, 4) is 11.8 Å². The quantitative estimate of drug-likeness (QED) is 0.792. The predicted octanol–water partition coefficient (Wildman–Crippen LogP) is 2.61. The van der Waals surface area contributed by atoms with Crippen molar-refractivity contribution in [2.75, 3.05) is 13.2 Å². The van der Waals surface area contributed by atoms with Crippen LogP contribution in [0.3, 0.4) is 0 Å². The minimum absolute atomic E-state index is 0.249. The number of aryl methyl sites for hydroxylation is 1. The molecule has 1 N–H and O–H groups in total. The minimum Gasteiger partial charge on any atom is -0.492 e. The van der Waals surface area contributed by atoms with Crippen LogP contribution in [0.25, 0.3) is 0 Å². The number of nitrogens with one attached hydrogen (secondary N) is 1. The fraction of sp³-hybridized carbons (Fsp3) is 0.235. The molecule has 2 aromatic rings. The van der Waals surface area contributed by atoms with Gasteiger partial charge in [-0.25, -0.2) is 13.1 Å². The standard InChI is InChI=1S/C17H18N2O3S/c1-14-7-9-16(10-8-14)23(20,21)19-11-4-12-22-17-6-3-2-5-15(17)13-18/h2-3,5-10,19H,4,11-12H2,1H3. The van der Waals surface area contributed by atoms with Gasteiger partial charge in [-0.2, -0.15) is 5.26 Å². The highest BCUT2D eigenvalue weighted by Crippen LogP contribution is 2.16. The average molecular weight is 330 g/mol. The first kappa shape index (κ1) is 17.0. The van der Waals surface area contributed by atoms with Gasteiger partial charge in [-0.3, -0.25) is 0 Å². The summed E-state index contributed by atoms with van der Waals surface area (Å²) in [4.78, 5) is 0.249. The van der Waals surface area contributed by atoms with Crippen LogP contribution in [0.15, 0.2) is 53.4 Å². The van der Waals surface area contributed by atoms with Gasteiger partial charge in [-0.1, -0.05) is 29.8 Å². The molecular formula is C17H18N2O3S. The Balaban J connectivity index is 1.81. The summed E-state index contributed by atoms with van der Waals surface area (Å²) >= 11 is 0. The number of nitrogens with zero attached hydrogens (tertiary/aromatic N) is 1. The normalized spacial score (nSPS) is 11.0. The lowest BCUT2D eigenvalue weighted by Gasteiger charge is -2.09. The van der Waals surface area contributed by atoms with Crippen molar-refractivity contribution < 1.29 is 13.2 Å². The molecule has 120 valence electrons. The van der Waals surface area contributed by atoms with Crippen molar-refractivity contribution in [1.29, 1.82) is 5.26 Å². The Morgan fingerprint density at radius 2 is 1.83 bits per heavy atom. The fourth-order valence-corrected chi connectivity index (χ4v) is 3.02. The van der Waals surface area contributed by atoms with Crippen LogP contribution in [-0.4, -0.2) is 21.6 Å². The van der Waals surface area contributed by atoms with E-state index < -0.39 is 10.0 Å². The van der Waals surface area contributed by atoms with E-state index in [1.807, 2.05) is 6.92 Å². The maximum atomic E-state index is 12.1. The van der Waals surface area contributed by atoms with Crippen LogP contribution in [0.4, 0.5) is 0 Å². The zero-order valence-electron chi connectivity index (χ0n) is 12.8. The summed E-state index contributed by atoms with van der Waals surface area (Å²) < 4.78 is 32.2. The third-order valence-corrected chi connectivity index (χ3v) is 4.69. The molecule has 23 heavy (non-hydrogen) atoms. The highest BCUT2D eigenvalue weighted by atomic mass is 32.2. The first-order chi connectivity index (χ1) is 11.0. The summed E-state index contributed by atoms with van der Waals surface area (Å²) in [6, 6.07) is 15.7. The molecule has 6 heteroatoms. The Morgan fingerprint density at radius 3 is 2.52 bits per heavy atom. The van der Waals surface area contributed by atoms with Crippen molar-refractivity contribution in [1.82, 2.24) is 4.72 Å². The Morgan fingerprint density at radius 1 is 1.13 bits per heavy atom. The van der Waals surface area contributed by atoms with Gasteiger partial charge in [0, 0.05) is 6.54 Å². The summed E-state index contributed by atoms with van der Waals surface area (Å²) in [5.74, 6) is 0.511. The first-order valence-corrected chi connectivity index (χ1v) is 8.69. The number of ether oxygens (including phenoxy) is 1. The van der Waals surface area contributed by atoms with E-state index in [0.717, 1.165) is 5.56 Å². The fourth-order valence-electron chi connectivity index (χ4n) is 1.95. The summed E-state index contributed by atoms with van der Waals surface area (Å²) in [5.41, 5.74) is 1.47. The Hall–Kier alpha value is -2.36. The maximum Gasteiger partial charge on any atom is 0.240 e. The van der Waals surface area contributed by atoms with E-state index in [4.69, 9.17) is 10.00 Å². The lowest BCUT2D eigenvalue weighted by molar-refractivity contribution is 0.310. The molecule has 5 nitrogen and oxygen atoms in total. The van der Waals surface area contributed by atoms with Crippen LogP contribution in [0.2, 0.25) is 0 Å². The Labute approximate surface area is 136 Å². The van der Waals surface area contributed by atoms with Gasteiger partial charge in [0.05, 0.1) is 17.1 Å². The van der Waals surface area contributed by atoms with E-state index in [-0.39, 0.29) is 11.4 Å². The smallest absolute Gasteiger partial charge is 0.240 e. The molecule has 2 rings (SSSR count). The van der Waals surface area contributed by atoms with Crippen LogP contribution < -0.4 is 9.46 Å². The summed E-state index contributed by atoms with van der Waals surface area (Å²) in [6.45, 7) is 2.50. The van der Waals surface area contributed by atoms with Gasteiger partial charge >= 0.3 is 0 Å². The van der Waals surface area contributed by atoms with E-state index in [1.54, 1.807) is 48.5 Å². The van der Waals surface area contributed by atoms with Crippen LogP contribution in [0.5, 0.6) is 5.75 Å². The Kier molecular flexibility index (Phi) is 5.74. The molecule has 0 spiro atoms. The molecule has 0 amide bonds. The molecule has 0 unspecified atom stereocenters. The molecular weight excluding hydrogens is 312 g/mol. The van der Waals surface area contributed by atoms with E-state index in [2.05, 4.69) is 10.8 Å². The second kappa shape index (κ2) is 7.77. The highest BCUT2D eigenvalue weighted by molar-refractivity contribution is 7.89. The van der Waals surface area contributed by atoms with Gasteiger partial charge in [0.15, 0.2) is 0 Å². The van der Waals surface area contributed by atoms with Crippen LogP contribution in [0, 0.1) is 18.3 Å². The number of nitriles is 1. The number of hydrogen-bond donors (Lipinski definition) is 1. The van der Waals surface area contributed by atoms with Crippen molar-refractivity contribution in [2.24, 2.45) is 0 Å². The molecule has 0 bridgehead atoms. The van der Waals surface area contributed by atoms with E-state index in [1.165, 1.54) is 0 Å². The van der Waals surface area contributed by atoms with E-state index in [0.29, 0.717) is 24.3 Å². The van der Waals surface area contributed by atoms with Gasteiger partial charge in [0.2, 0.25) is 10.0 Å². The molecule has 2 aromatic carbocycles. The number of rotatable bonds is 7. The maximum absolute atomic E-state index is 12.1. The van der Waals surface area contributed by atoms with E-state index >= 15 is 0 Å². The second-order valence-corrected chi connectivity index (χ2v) is 6.79. The van der Waals surface area contributed by atoms with Gasteiger partial charge in [0.25, 0.3) is 0 Å². The lowest BCUT2D eigenvalue weighted by Crippen LogP contribution is -2.25. The molecule has 0 aliphatic heterocycles. The number of benzene rings is 2. The van der Waals surface area contributed by atoms with Crippen LogP contribution >= 0.6 is 0 Å². The van der Waals surface area contributed by atoms with Crippen LogP contribution in [0.1, 0.15) is 17.5 Å². The molecule has 0 radical (unpaired) electrons. The van der Waals surface area contributed by atoms with Crippen molar-refractivity contribution in [3.05, 3.63) is 59.7 Å². The van der Waals surface area contributed by atoms with E-state index in [9.17, 15) is 8.42 Å². The molecule has 0 saturated carbocycles. The molecule has 0 aliphatic carbocycles. The topological polar surface area (TPSA) is 79.2 Å². The molecule has 0 fully saturated rings. The van der Waals surface area contributed by atoms with Crippen molar-refractivity contribution in [3.63, 3.8) is 0 Å². The summed E-state index contributed by atoms with van der Waals surface area (Å²) in [7, 11) is -3.49. The number of para-hydroxylation sites is 1. The van der Waals surface area contributed by atoms with Crippen molar-refractivity contribution in [2.45, 2.75) is 18.2 Å². The van der Waals surface area contributed by atoms with Gasteiger partial charge in [-0.15, -0.1) is 0 Å². The molecule has 0 atom stereocenters. The number of sulfonamides is 1. The minimum atomic E-state index is -3.49. The molecule has 0 aromatic heterocycles. The molecule has 0 heterocycles. The number of hydrogen-bond acceptors (Lipinski definition) is 4. The first-order valence-electron chi connectivity index (χ1n) is 7.21.